The van der Waals surface area contributed by atoms with E-state index in [1.54, 1.807) is 0 Å². The molecule has 1 aromatic rings. The molecule has 0 amide bonds. The van der Waals surface area contributed by atoms with Gasteiger partial charge in [0.05, 0.1) is 5.69 Å². The third-order valence-electron chi connectivity index (χ3n) is 5.06. The summed E-state index contributed by atoms with van der Waals surface area (Å²) in [6.07, 6.45) is 5.54. The zero-order valence-electron chi connectivity index (χ0n) is 14.4. The lowest BCUT2D eigenvalue weighted by Crippen LogP contribution is -2.44. The highest BCUT2D eigenvalue weighted by Gasteiger charge is 2.26. The minimum absolute atomic E-state index is 0.481. The van der Waals surface area contributed by atoms with Crippen LogP contribution in [-0.2, 0) is 0 Å². The first-order chi connectivity index (χ1) is 11.7. The maximum absolute atomic E-state index is 7.72. The molecular weight excluding hydrogens is 300 g/mol. The molecule has 1 saturated heterocycles. The zero-order chi connectivity index (χ0) is 16.9. The van der Waals surface area contributed by atoms with Crippen molar-refractivity contribution in [3.05, 3.63) is 30.1 Å². The summed E-state index contributed by atoms with van der Waals surface area (Å²) in [5.74, 6) is 1.65. The van der Waals surface area contributed by atoms with Gasteiger partial charge in [-0.25, -0.2) is 4.98 Å². The third kappa shape index (κ3) is 3.94. The predicted octanol–water partition coefficient (Wildman–Crippen LogP) is 1.15. The van der Waals surface area contributed by atoms with Gasteiger partial charge >= 0.3 is 0 Å². The Hall–Kier alpha value is -1.92. The number of nitrogens with zero attached hydrogens (tertiary/aromatic N) is 3. The van der Waals surface area contributed by atoms with Gasteiger partial charge in [-0.1, -0.05) is 6.07 Å². The van der Waals surface area contributed by atoms with Crippen LogP contribution < -0.4 is 16.0 Å². The fraction of sp³-hybridized carbons (Fsp3) is 0.556. The number of anilines is 1. The van der Waals surface area contributed by atoms with E-state index in [1.807, 2.05) is 18.3 Å². The molecule has 0 bridgehead atoms. The number of likely N-dealkylation sites (N-methyl/N-ethyl adjacent to an activating group) is 1. The molecule has 1 aromatic heterocycles. The Bertz CT molecular complexity index is 585. The van der Waals surface area contributed by atoms with Crippen molar-refractivity contribution in [1.82, 2.24) is 15.2 Å². The number of hydrogen-bond acceptors (Lipinski definition) is 6. The smallest absolute Gasteiger partial charge is 0.129 e. The van der Waals surface area contributed by atoms with Gasteiger partial charge in [0, 0.05) is 50.2 Å². The molecule has 130 valence electrons. The first-order valence-electron chi connectivity index (χ1n) is 8.77. The molecular formula is C18H28N6. The SMILES string of the molecule is CN1CCN(c2cccc(/C(C=N)=C/N[C@H]3C[C@H](CN)C3)n2)CC1. The van der Waals surface area contributed by atoms with Crippen LogP contribution in [0.3, 0.4) is 0 Å². The van der Waals surface area contributed by atoms with Crippen LogP contribution in [0.15, 0.2) is 24.4 Å². The maximum atomic E-state index is 7.72. The standard InChI is InChI=1S/C18H28N6/c1-23-5-7-24(8-6-23)18-4-2-3-17(22-18)15(12-20)13-21-16-9-14(10-16)11-19/h2-4,12-14,16,20-21H,5-11,19H2,1H3/b15-13+,20-12?/t14-,16-. The lowest BCUT2D eigenvalue weighted by atomic mass is 9.80. The number of nitrogens with two attached hydrogens (primary N) is 1. The Kier molecular flexibility index (Phi) is 5.48. The summed E-state index contributed by atoms with van der Waals surface area (Å²) >= 11 is 0. The average Bonchev–Trinajstić information content (AvgIpc) is 2.58. The number of hydrogen-bond donors (Lipinski definition) is 3. The van der Waals surface area contributed by atoms with Crippen LogP contribution in [0.25, 0.3) is 5.57 Å². The normalized spacial score (nSPS) is 25.2. The van der Waals surface area contributed by atoms with Gasteiger partial charge in [-0.15, -0.1) is 0 Å². The molecule has 1 aliphatic carbocycles. The van der Waals surface area contributed by atoms with Crippen molar-refractivity contribution in [2.45, 2.75) is 18.9 Å². The molecule has 0 aromatic carbocycles. The first kappa shape index (κ1) is 16.9. The molecule has 0 unspecified atom stereocenters. The van der Waals surface area contributed by atoms with Gasteiger partial charge in [0.2, 0.25) is 0 Å². The van der Waals surface area contributed by atoms with Gasteiger partial charge in [0.15, 0.2) is 0 Å². The van der Waals surface area contributed by atoms with E-state index >= 15 is 0 Å². The molecule has 4 N–H and O–H groups in total. The summed E-state index contributed by atoms with van der Waals surface area (Å²) in [5, 5.41) is 11.1. The number of aromatic nitrogens is 1. The van der Waals surface area contributed by atoms with Gasteiger partial charge < -0.3 is 26.3 Å². The fourth-order valence-corrected chi connectivity index (χ4v) is 3.26. The van der Waals surface area contributed by atoms with Crippen molar-refractivity contribution >= 4 is 17.6 Å². The van der Waals surface area contributed by atoms with Crippen molar-refractivity contribution < 1.29 is 0 Å². The summed E-state index contributed by atoms with van der Waals surface area (Å²) in [5.41, 5.74) is 7.34. The Morgan fingerprint density at radius 3 is 2.75 bits per heavy atom. The molecule has 2 aliphatic rings. The van der Waals surface area contributed by atoms with E-state index in [2.05, 4.69) is 28.2 Å². The maximum Gasteiger partial charge on any atom is 0.129 e. The number of piperazine rings is 1. The highest BCUT2D eigenvalue weighted by Crippen LogP contribution is 2.26. The van der Waals surface area contributed by atoms with E-state index in [-0.39, 0.29) is 0 Å². The van der Waals surface area contributed by atoms with Gasteiger partial charge in [0.1, 0.15) is 5.82 Å². The van der Waals surface area contributed by atoms with Crippen molar-refractivity contribution in [2.24, 2.45) is 11.7 Å². The second-order valence-electron chi connectivity index (χ2n) is 6.85. The number of pyridine rings is 1. The number of rotatable bonds is 6. The van der Waals surface area contributed by atoms with E-state index in [4.69, 9.17) is 16.1 Å². The Balaban J connectivity index is 1.66. The van der Waals surface area contributed by atoms with Crippen LogP contribution in [0, 0.1) is 11.3 Å². The topological polar surface area (TPSA) is 81.3 Å². The van der Waals surface area contributed by atoms with Crippen LogP contribution in [0.2, 0.25) is 0 Å². The Morgan fingerprint density at radius 1 is 1.33 bits per heavy atom. The summed E-state index contributed by atoms with van der Waals surface area (Å²) < 4.78 is 0. The minimum atomic E-state index is 0.481. The predicted molar refractivity (Wildman–Crippen MR) is 99.4 cm³/mol. The van der Waals surface area contributed by atoms with Crippen LogP contribution >= 0.6 is 0 Å². The monoisotopic (exact) mass is 328 g/mol. The van der Waals surface area contributed by atoms with Crippen LogP contribution in [0.4, 0.5) is 5.82 Å². The van der Waals surface area contributed by atoms with Crippen molar-refractivity contribution in [3.63, 3.8) is 0 Å². The fourth-order valence-electron chi connectivity index (χ4n) is 3.26. The summed E-state index contributed by atoms with van der Waals surface area (Å²) in [7, 11) is 2.15. The van der Waals surface area contributed by atoms with Crippen LogP contribution in [-0.4, -0.2) is 61.9 Å². The summed E-state index contributed by atoms with van der Waals surface area (Å²) in [4.78, 5) is 9.42. The molecule has 1 saturated carbocycles. The van der Waals surface area contributed by atoms with Gasteiger partial charge in [-0.05, 0) is 44.5 Å². The summed E-state index contributed by atoms with van der Waals surface area (Å²) in [6.45, 7) is 4.89. The van der Waals surface area contributed by atoms with Crippen LogP contribution in [0.5, 0.6) is 0 Å². The van der Waals surface area contributed by atoms with Gasteiger partial charge in [-0.3, -0.25) is 0 Å². The second kappa shape index (κ2) is 7.77. The van der Waals surface area contributed by atoms with E-state index in [9.17, 15) is 0 Å². The molecule has 24 heavy (non-hydrogen) atoms. The lowest BCUT2D eigenvalue weighted by Gasteiger charge is -2.34. The third-order valence-corrected chi connectivity index (χ3v) is 5.06. The lowest BCUT2D eigenvalue weighted by molar-refractivity contribution is 0.247. The first-order valence-corrected chi connectivity index (χ1v) is 8.77. The van der Waals surface area contributed by atoms with Crippen LogP contribution in [0.1, 0.15) is 18.5 Å². The molecule has 2 heterocycles. The Morgan fingerprint density at radius 2 is 2.08 bits per heavy atom. The Labute approximate surface area is 144 Å². The molecule has 6 heteroatoms. The van der Waals surface area contributed by atoms with E-state index in [1.165, 1.54) is 6.21 Å². The molecule has 2 fully saturated rings. The second-order valence-corrected chi connectivity index (χ2v) is 6.85. The molecule has 0 radical (unpaired) electrons. The number of nitrogens with one attached hydrogen (secondary N) is 2. The summed E-state index contributed by atoms with van der Waals surface area (Å²) in [6, 6.07) is 6.54. The zero-order valence-corrected chi connectivity index (χ0v) is 14.4. The van der Waals surface area contributed by atoms with Crippen molar-refractivity contribution in [1.29, 1.82) is 5.41 Å². The molecule has 3 rings (SSSR count). The van der Waals surface area contributed by atoms with E-state index in [0.29, 0.717) is 12.0 Å². The van der Waals surface area contributed by atoms with E-state index < -0.39 is 0 Å². The molecule has 6 nitrogen and oxygen atoms in total. The van der Waals surface area contributed by atoms with E-state index in [0.717, 1.165) is 62.7 Å². The highest BCUT2D eigenvalue weighted by atomic mass is 15.3. The van der Waals surface area contributed by atoms with Gasteiger partial charge in [0.25, 0.3) is 0 Å². The molecule has 0 spiro atoms. The molecule has 0 atom stereocenters. The number of allylic oxidation sites excluding steroid dienone is 1. The van der Waals surface area contributed by atoms with Crippen molar-refractivity contribution in [2.75, 3.05) is 44.7 Å². The van der Waals surface area contributed by atoms with Crippen molar-refractivity contribution in [3.8, 4) is 0 Å². The van der Waals surface area contributed by atoms with Gasteiger partial charge in [-0.2, -0.15) is 0 Å². The quantitative estimate of drug-likeness (QED) is 0.683. The molecule has 1 aliphatic heterocycles. The minimum Gasteiger partial charge on any atom is -0.388 e. The average molecular weight is 328 g/mol. The highest BCUT2D eigenvalue weighted by molar-refractivity contribution is 6.07. The largest absolute Gasteiger partial charge is 0.388 e.